The SMILES string of the molecule is CSc1nc(N)nc([C@@](CCC(=O)O)(Nc2cccc(C(F)(F)F)c2)C(N)=O)c1C#N. The molecular weight excluding hydrogens is 437 g/mol. The molecule has 0 aliphatic carbocycles. The molecular formula is C18H17F3N6O3S. The van der Waals surface area contributed by atoms with E-state index in [0.717, 1.165) is 30.0 Å². The number of carboxylic acids is 1. The van der Waals surface area contributed by atoms with Gasteiger partial charge in [0, 0.05) is 12.1 Å². The number of nitrogens with one attached hydrogen (secondary N) is 1. The van der Waals surface area contributed by atoms with Gasteiger partial charge in [0.25, 0.3) is 0 Å². The van der Waals surface area contributed by atoms with Crippen molar-refractivity contribution in [2.75, 3.05) is 17.3 Å². The number of nitriles is 1. The number of carbonyl (C=O) groups is 2. The number of hydrogen-bond acceptors (Lipinski definition) is 8. The van der Waals surface area contributed by atoms with Gasteiger partial charge in [-0.1, -0.05) is 6.07 Å². The molecule has 0 radical (unpaired) electrons. The van der Waals surface area contributed by atoms with Gasteiger partial charge in [-0.25, -0.2) is 9.97 Å². The van der Waals surface area contributed by atoms with Crippen molar-refractivity contribution in [3.05, 3.63) is 41.1 Å². The third kappa shape index (κ3) is 5.15. The Morgan fingerprint density at radius 1 is 1.32 bits per heavy atom. The number of amides is 1. The predicted octanol–water partition coefficient (Wildman–Crippen LogP) is 2.33. The summed E-state index contributed by atoms with van der Waals surface area (Å²) in [7, 11) is 0. The molecule has 1 aromatic heterocycles. The van der Waals surface area contributed by atoms with Gasteiger partial charge in [0.15, 0.2) is 5.54 Å². The molecule has 31 heavy (non-hydrogen) atoms. The van der Waals surface area contributed by atoms with Gasteiger partial charge in [-0.3, -0.25) is 9.59 Å². The number of carboxylic acid groups (broad SMARTS) is 1. The first-order valence-electron chi connectivity index (χ1n) is 8.54. The summed E-state index contributed by atoms with van der Waals surface area (Å²) < 4.78 is 39.4. The van der Waals surface area contributed by atoms with Crippen molar-refractivity contribution in [1.82, 2.24) is 9.97 Å². The Morgan fingerprint density at radius 2 is 2.00 bits per heavy atom. The number of primary amides is 1. The van der Waals surface area contributed by atoms with Crippen molar-refractivity contribution in [1.29, 1.82) is 5.26 Å². The Hall–Kier alpha value is -3.53. The van der Waals surface area contributed by atoms with Gasteiger partial charge in [0.2, 0.25) is 11.9 Å². The second-order valence-corrected chi connectivity index (χ2v) is 7.09. The number of nitrogens with zero attached hydrogens (tertiary/aromatic N) is 3. The topological polar surface area (TPSA) is 168 Å². The Bertz CT molecular complexity index is 1060. The first-order chi connectivity index (χ1) is 14.4. The lowest BCUT2D eigenvalue weighted by Gasteiger charge is -2.33. The van der Waals surface area contributed by atoms with Crippen LogP contribution in [0, 0.1) is 11.3 Å². The smallest absolute Gasteiger partial charge is 0.416 e. The molecule has 6 N–H and O–H groups in total. The number of rotatable bonds is 8. The van der Waals surface area contributed by atoms with E-state index in [-0.39, 0.29) is 27.9 Å². The van der Waals surface area contributed by atoms with Crippen LogP contribution in [0.2, 0.25) is 0 Å². The van der Waals surface area contributed by atoms with Crippen LogP contribution in [0.3, 0.4) is 0 Å². The molecule has 0 saturated heterocycles. The number of nitrogen functional groups attached to an aromatic ring is 1. The van der Waals surface area contributed by atoms with Crippen LogP contribution in [0.5, 0.6) is 0 Å². The van der Waals surface area contributed by atoms with Crippen LogP contribution in [-0.2, 0) is 21.3 Å². The number of hydrogen-bond donors (Lipinski definition) is 4. The van der Waals surface area contributed by atoms with Crippen LogP contribution >= 0.6 is 11.8 Å². The van der Waals surface area contributed by atoms with Crippen molar-refractivity contribution in [2.24, 2.45) is 5.73 Å². The monoisotopic (exact) mass is 454 g/mol. The van der Waals surface area contributed by atoms with Crippen molar-refractivity contribution in [2.45, 2.75) is 29.6 Å². The standard InChI is InChI=1S/C18H17F3N6O3S/c1-31-14-11(8-22)13(25-16(24)26-14)17(15(23)30,6-5-12(28)29)27-10-4-2-3-9(7-10)18(19,20)21/h2-4,7,27H,5-6H2,1H3,(H2,23,30)(H,28,29)(H2,24,25,26)/t17-/m1/s1. The number of aliphatic carboxylic acids is 1. The molecule has 0 unspecified atom stereocenters. The number of benzene rings is 1. The van der Waals surface area contributed by atoms with Crippen LogP contribution < -0.4 is 16.8 Å². The molecule has 1 heterocycles. The number of anilines is 2. The van der Waals surface area contributed by atoms with Crippen molar-refractivity contribution < 1.29 is 27.9 Å². The van der Waals surface area contributed by atoms with Crippen LogP contribution in [-0.4, -0.2) is 33.2 Å². The van der Waals surface area contributed by atoms with Crippen LogP contribution in [0.25, 0.3) is 0 Å². The minimum Gasteiger partial charge on any atom is -0.481 e. The van der Waals surface area contributed by atoms with E-state index in [4.69, 9.17) is 16.6 Å². The molecule has 164 valence electrons. The van der Waals surface area contributed by atoms with E-state index < -0.39 is 42.0 Å². The average Bonchev–Trinajstić information content (AvgIpc) is 2.69. The Morgan fingerprint density at radius 3 is 2.52 bits per heavy atom. The van der Waals surface area contributed by atoms with Crippen LogP contribution in [0.1, 0.15) is 29.7 Å². The number of carbonyl (C=O) groups excluding carboxylic acids is 1. The molecule has 0 aliphatic heterocycles. The lowest BCUT2D eigenvalue weighted by atomic mass is 9.85. The number of alkyl halides is 3. The summed E-state index contributed by atoms with van der Waals surface area (Å²) >= 11 is 1.01. The molecule has 0 bridgehead atoms. The third-order valence-corrected chi connectivity index (χ3v) is 4.97. The third-order valence-electron chi connectivity index (χ3n) is 4.28. The van der Waals surface area contributed by atoms with E-state index in [9.17, 15) is 28.0 Å². The number of aromatic nitrogens is 2. The number of halogens is 3. The van der Waals surface area contributed by atoms with E-state index >= 15 is 0 Å². The summed E-state index contributed by atoms with van der Waals surface area (Å²) in [5, 5.41) is 21.5. The quantitative estimate of drug-likeness (QED) is 0.345. The van der Waals surface area contributed by atoms with Gasteiger partial charge < -0.3 is 21.9 Å². The summed E-state index contributed by atoms with van der Waals surface area (Å²) in [4.78, 5) is 31.7. The minimum absolute atomic E-state index is 0.0943. The normalized spacial score (nSPS) is 13.1. The summed E-state index contributed by atoms with van der Waals surface area (Å²) in [5.41, 5.74) is 7.41. The fraction of sp³-hybridized carbons (Fsp3) is 0.278. The minimum atomic E-state index is -4.67. The molecule has 0 saturated carbocycles. The highest BCUT2D eigenvalue weighted by molar-refractivity contribution is 7.98. The largest absolute Gasteiger partial charge is 0.481 e. The van der Waals surface area contributed by atoms with E-state index in [1.165, 1.54) is 6.07 Å². The Balaban J connectivity index is 2.77. The highest BCUT2D eigenvalue weighted by atomic mass is 32.2. The maximum atomic E-state index is 13.1. The summed E-state index contributed by atoms with van der Waals surface area (Å²) in [6.07, 6.45) is -4.22. The van der Waals surface area contributed by atoms with Crippen molar-refractivity contribution >= 4 is 35.3 Å². The average molecular weight is 454 g/mol. The predicted molar refractivity (Wildman–Crippen MR) is 106 cm³/mol. The number of nitrogens with two attached hydrogens (primary N) is 2. The molecule has 0 aliphatic rings. The molecule has 0 spiro atoms. The maximum absolute atomic E-state index is 13.1. The summed E-state index contributed by atoms with van der Waals surface area (Å²) in [5.74, 6) is -2.79. The zero-order valence-corrected chi connectivity index (χ0v) is 16.8. The molecule has 1 aromatic carbocycles. The molecule has 1 atom stereocenters. The fourth-order valence-corrected chi connectivity index (χ4v) is 3.40. The van der Waals surface area contributed by atoms with Gasteiger partial charge in [0.05, 0.1) is 5.56 Å². The van der Waals surface area contributed by atoms with Gasteiger partial charge in [-0.2, -0.15) is 18.4 Å². The van der Waals surface area contributed by atoms with E-state index in [0.29, 0.717) is 0 Å². The lowest BCUT2D eigenvalue weighted by molar-refractivity contribution is -0.138. The zero-order chi connectivity index (χ0) is 23.4. The van der Waals surface area contributed by atoms with Gasteiger partial charge >= 0.3 is 12.1 Å². The fourth-order valence-electron chi connectivity index (χ4n) is 2.87. The number of thioether (sulfide) groups is 1. The highest BCUT2D eigenvalue weighted by Crippen LogP contribution is 2.37. The van der Waals surface area contributed by atoms with Crippen molar-refractivity contribution in [3.63, 3.8) is 0 Å². The Labute approximate surface area is 178 Å². The summed E-state index contributed by atoms with van der Waals surface area (Å²) in [6.45, 7) is 0. The Kier molecular flexibility index (Phi) is 6.96. The molecule has 1 amide bonds. The lowest BCUT2D eigenvalue weighted by Crippen LogP contribution is -2.49. The van der Waals surface area contributed by atoms with Gasteiger partial charge in [0.1, 0.15) is 22.4 Å². The van der Waals surface area contributed by atoms with Gasteiger partial charge in [-0.05, 0) is 30.9 Å². The molecule has 0 fully saturated rings. The zero-order valence-electron chi connectivity index (χ0n) is 16.0. The highest BCUT2D eigenvalue weighted by Gasteiger charge is 2.44. The maximum Gasteiger partial charge on any atom is 0.416 e. The molecule has 2 rings (SSSR count). The molecule has 13 heteroatoms. The summed E-state index contributed by atoms with van der Waals surface area (Å²) in [6, 6.07) is 5.72. The molecule has 9 nitrogen and oxygen atoms in total. The van der Waals surface area contributed by atoms with Crippen molar-refractivity contribution in [3.8, 4) is 6.07 Å². The van der Waals surface area contributed by atoms with Crippen LogP contribution in [0.15, 0.2) is 29.3 Å². The second kappa shape index (κ2) is 9.09. The molecule has 2 aromatic rings. The van der Waals surface area contributed by atoms with E-state index in [1.54, 1.807) is 6.26 Å². The van der Waals surface area contributed by atoms with Gasteiger partial charge in [-0.15, -0.1) is 11.8 Å². The second-order valence-electron chi connectivity index (χ2n) is 6.29. The van der Waals surface area contributed by atoms with Crippen LogP contribution in [0.4, 0.5) is 24.8 Å². The van der Waals surface area contributed by atoms with E-state index in [1.807, 2.05) is 6.07 Å². The first-order valence-corrected chi connectivity index (χ1v) is 9.76. The van der Waals surface area contributed by atoms with E-state index in [2.05, 4.69) is 15.3 Å². The first kappa shape index (κ1) is 23.7.